The van der Waals surface area contributed by atoms with Crippen LogP contribution in [0.15, 0.2) is 79.0 Å². The molecule has 0 radical (unpaired) electrons. The molecule has 2 aromatic carbocycles. The van der Waals surface area contributed by atoms with E-state index in [4.69, 9.17) is 5.73 Å². The molecule has 0 aliphatic rings. The van der Waals surface area contributed by atoms with Gasteiger partial charge in [0.2, 0.25) is 0 Å². The summed E-state index contributed by atoms with van der Waals surface area (Å²) in [4.78, 5) is 6.96. The minimum absolute atomic E-state index is 0.522. The molecule has 2 N–H and O–H groups in total. The molecule has 0 aliphatic heterocycles. The molecule has 1 aromatic heterocycles. The van der Waals surface area contributed by atoms with Crippen molar-refractivity contribution >= 4 is 0 Å². The zero-order valence-electron chi connectivity index (χ0n) is 13.8. The summed E-state index contributed by atoms with van der Waals surface area (Å²) in [6.07, 6.45) is 1.84. The Balaban J connectivity index is 1.81. The fraction of sp³-hybridized carbons (Fsp3) is 0.190. The Hall–Kier alpha value is -2.49. The first-order valence-corrected chi connectivity index (χ1v) is 8.28. The van der Waals surface area contributed by atoms with Crippen LogP contribution in [0.25, 0.3) is 0 Å². The molecule has 0 bridgehead atoms. The number of hydrogen-bond donors (Lipinski definition) is 1. The maximum atomic E-state index is 5.87. The number of benzene rings is 2. The Morgan fingerprint density at radius 3 is 1.83 bits per heavy atom. The van der Waals surface area contributed by atoms with E-state index < -0.39 is 0 Å². The van der Waals surface area contributed by atoms with Crippen molar-refractivity contribution in [3.05, 3.63) is 101 Å². The summed E-state index contributed by atoms with van der Waals surface area (Å²) in [7, 11) is 0. The van der Waals surface area contributed by atoms with Gasteiger partial charge >= 0.3 is 0 Å². The summed E-state index contributed by atoms with van der Waals surface area (Å²) in [6.45, 7) is 3.08. The van der Waals surface area contributed by atoms with Gasteiger partial charge in [-0.2, -0.15) is 0 Å². The molecular formula is C21H23N3. The highest BCUT2D eigenvalue weighted by molar-refractivity contribution is 5.21. The molecule has 0 saturated heterocycles. The fourth-order valence-electron chi connectivity index (χ4n) is 2.86. The zero-order chi connectivity index (χ0) is 16.6. The molecule has 122 valence electrons. The Kier molecular flexibility index (Phi) is 5.72. The highest BCUT2D eigenvalue weighted by Crippen LogP contribution is 2.15. The van der Waals surface area contributed by atoms with Crippen molar-refractivity contribution in [2.45, 2.75) is 26.2 Å². The van der Waals surface area contributed by atoms with Crippen LogP contribution in [-0.2, 0) is 26.2 Å². The number of nitrogens with two attached hydrogens (primary N) is 1. The van der Waals surface area contributed by atoms with Gasteiger partial charge in [0.1, 0.15) is 0 Å². The van der Waals surface area contributed by atoms with Crippen LogP contribution in [-0.4, -0.2) is 9.88 Å². The summed E-state index contributed by atoms with van der Waals surface area (Å²) in [6, 6.07) is 25.1. The van der Waals surface area contributed by atoms with E-state index >= 15 is 0 Å². The zero-order valence-corrected chi connectivity index (χ0v) is 13.8. The van der Waals surface area contributed by atoms with Crippen molar-refractivity contribution < 1.29 is 0 Å². The van der Waals surface area contributed by atoms with E-state index in [1.54, 1.807) is 0 Å². The molecule has 0 fully saturated rings. The Morgan fingerprint density at radius 1 is 0.708 bits per heavy atom. The quantitative estimate of drug-likeness (QED) is 0.722. The molecule has 0 saturated carbocycles. The molecule has 0 unspecified atom stereocenters. The lowest BCUT2D eigenvalue weighted by Gasteiger charge is -2.23. The SMILES string of the molecule is NCc1cccnc1CN(Cc1ccccc1)Cc1ccccc1. The first-order chi connectivity index (χ1) is 11.8. The molecule has 0 atom stereocenters. The molecule has 3 heteroatoms. The number of aromatic nitrogens is 1. The highest BCUT2D eigenvalue weighted by atomic mass is 15.1. The monoisotopic (exact) mass is 317 g/mol. The standard InChI is InChI=1S/C21H23N3/c22-14-20-12-7-13-23-21(20)17-24(15-18-8-3-1-4-9-18)16-19-10-5-2-6-11-19/h1-13H,14-17,22H2. The second kappa shape index (κ2) is 8.39. The average molecular weight is 317 g/mol. The lowest BCUT2D eigenvalue weighted by molar-refractivity contribution is 0.244. The van der Waals surface area contributed by atoms with Gasteiger partial charge in [0.15, 0.2) is 0 Å². The Bertz CT molecular complexity index is 700. The number of pyridine rings is 1. The topological polar surface area (TPSA) is 42.1 Å². The van der Waals surface area contributed by atoms with E-state index in [1.165, 1.54) is 11.1 Å². The van der Waals surface area contributed by atoms with E-state index in [9.17, 15) is 0 Å². The predicted molar refractivity (Wildman–Crippen MR) is 98.0 cm³/mol. The molecule has 0 spiro atoms. The van der Waals surface area contributed by atoms with Gasteiger partial charge < -0.3 is 5.73 Å². The molecule has 3 aromatic rings. The number of rotatable bonds is 7. The van der Waals surface area contributed by atoms with Gasteiger partial charge in [-0.25, -0.2) is 0 Å². The molecular weight excluding hydrogens is 294 g/mol. The normalized spacial score (nSPS) is 10.9. The second-order valence-electron chi connectivity index (χ2n) is 5.93. The van der Waals surface area contributed by atoms with Crippen molar-refractivity contribution in [3.8, 4) is 0 Å². The molecule has 0 aliphatic carbocycles. The molecule has 3 rings (SSSR count). The van der Waals surface area contributed by atoms with Crippen LogP contribution in [0, 0.1) is 0 Å². The van der Waals surface area contributed by atoms with Crippen molar-refractivity contribution in [2.75, 3.05) is 0 Å². The van der Waals surface area contributed by atoms with Crippen LogP contribution < -0.4 is 5.73 Å². The maximum Gasteiger partial charge on any atom is 0.0588 e. The maximum absolute atomic E-state index is 5.87. The van der Waals surface area contributed by atoms with Crippen LogP contribution in [0.2, 0.25) is 0 Å². The van der Waals surface area contributed by atoms with Gasteiger partial charge in [0.05, 0.1) is 5.69 Å². The van der Waals surface area contributed by atoms with Crippen molar-refractivity contribution in [1.82, 2.24) is 9.88 Å². The summed E-state index contributed by atoms with van der Waals surface area (Å²) in [5.41, 5.74) is 10.7. The minimum Gasteiger partial charge on any atom is -0.326 e. The summed E-state index contributed by atoms with van der Waals surface area (Å²) in [5.74, 6) is 0. The van der Waals surface area contributed by atoms with Crippen LogP contribution >= 0.6 is 0 Å². The van der Waals surface area contributed by atoms with Gasteiger partial charge in [0.25, 0.3) is 0 Å². The smallest absolute Gasteiger partial charge is 0.0588 e. The van der Waals surface area contributed by atoms with Gasteiger partial charge in [-0.15, -0.1) is 0 Å². The number of hydrogen-bond acceptors (Lipinski definition) is 3. The summed E-state index contributed by atoms with van der Waals surface area (Å²) < 4.78 is 0. The minimum atomic E-state index is 0.522. The van der Waals surface area contributed by atoms with Crippen molar-refractivity contribution in [2.24, 2.45) is 5.73 Å². The number of nitrogens with zero attached hydrogens (tertiary/aromatic N) is 2. The van der Waals surface area contributed by atoms with Gasteiger partial charge in [0, 0.05) is 32.4 Å². The van der Waals surface area contributed by atoms with E-state index in [0.29, 0.717) is 6.54 Å². The molecule has 24 heavy (non-hydrogen) atoms. The van der Waals surface area contributed by atoms with Crippen LogP contribution in [0.5, 0.6) is 0 Å². The Morgan fingerprint density at radius 2 is 1.29 bits per heavy atom. The van der Waals surface area contributed by atoms with Crippen molar-refractivity contribution in [3.63, 3.8) is 0 Å². The highest BCUT2D eigenvalue weighted by Gasteiger charge is 2.11. The van der Waals surface area contributed by atoms with Gasteiger partial charge in [-0.3, -0.25) is 9.88 Å². The first-order valence-electron chi connectivity index (χ1n) is 8.28. The summed E-state index contributed by atoms with van der Waals surface area (Å²) in [5, 5.41) is 0. The predicted octanol–water partition coefficient (Wildman–Crippen LogP) is 3.74. The third-order valence-electron chi connectivity index (χ3n) is 4.08. The third-order valence-corrected chi connectivity index (χ3v) is 4.08. The van der Waals surface area contributed by atoms with Crippen LogP contribution in [0.1, 0.15) is 22.4 Å². The third kappa shape index (κ3) is 4.51. The van der Waals surface area contributed by atoms with E-state index in [0.717, 1.165) is 30.9 Å². The molecule has 1 heterocycles. The van der Waals surface area contributed by atoms with E-state index in [2.05, 4.69) is 76.6 Å². The lowest BCUT2D eigenvalue weighted by Crippen LogP contribution is -2.24. The van der Waals surface area contributed by atoms with Gasteiger partial charge in [-0.1, -0.05) is 66.7 Å². The summed E-state index contributed by atoms with van der Waals surface area (Å²) >= 11 is 0. The molecule has 3 nitrogen and oxygen atoms in total. The van der Waals surface area contributed by atoms with Crippen molar-refractivity contribution in [1.29, 1.82) is 0 Å². The Labute approximate surface area is 143 Å². The van der Waals surface area contributed by atoms with Crippen LogP contribution in [0.3, 0.4) is 0 Å². The lowest BCUT2D eigenvalue weighted by atomic mass is 10.1. The fourth-order valence-corrected chi connectivity index (χ4v) is 2.86. The second-order valence-corrected chi connectivity index (χ2v) is 5.93. The van der Waals surface area contributed by atoms with Crippen LogP contribution in [0.4, 0.5) is 0 Å². The first kappa shape index (κ1) is 16.4. The van der Waals surface area contributed by atoms with E-state index in [-0.39, 0.29) is 0 Å². The van der Waals surface area contributed by atoms with E-state index in [1.807, 2.05) is 12.3 Å². The molecule has 0 amide bonds. The largest absolute Gasteiger partial charge is 0.326 e. The average Bonchev–Trinajstić information content (AvgIpc) is 2.64. The van der Waals surface area contributed by atoms with Gasteiger partial charge in [-0.05, 0) is 22.8 Å².